The maximum absolute atomic E-state index is 13.4. The molecule has 3 heterocycles. The molecule has 0 unspecified atom stereocenters. The molecule has 2 aromatic heterocycles. The number of carbonyl (C=O) groups is 1. The average molecular weight is 554 g/mol. The van der Waals surface area contributed by atoms with E-state index < -0.39 is 16.1 Å². The largest absolute Gasteiger partial charge is 0.368 e. The molecule has 0 radical (unpaired) electrons. The molecule has 3 aliphatic rings. The van der Waals surface area contributed by atoms with Crippen LogP contribution in [0.3, 0.4) is 0 Å². The van der Waals surface area contributed by atoms with E-state index in [1.54, 1.807) is 17.4 Å². The maximum Gasteiger partial charge on any atom is 0.225 e. The number of amides is 1. The summed E-state index contributed by atoms with van der Waals surface area (Å²) < 4.78 is 25.0. The quantitative estimate of drug-likeness (QED) is 0.365. The monoisotopic (exact) mass is 553 g/mol. The number of hydrogen-bond acceptors (Lipinski definition) is 9. The van der Waals surface area contributed by atoms with Gasteiger partial charge >= 0.3 is 0 Å². The lowest BCUT2D eigenvalue weighted by Crippen LogP contribution is -2.42. The van der Waals surface area contributed by atoms with Gasteiger partial charge in [-0.15, -0.1) is 11.3 Å². The molecule has 200 valence electrons. The molecule has 0 spiro atoms. The van der Waals surface area contributed by atoms with Gasteiger partial charge in [0.1, 0.15) is 22.5 Å². The van der Waals surface area contributed by atoms with E-state index in [0.29, 0.717) is 43.1 Å². The highest BCUT2D eigenvalue weighted by Gasteiger charge is 2.47. The summed E-state index contributed by atoms with van der Waals surface area (Å²) in [5.74, 6) is 0.479. The zero-order chi connectivity index (χ0) is 26.3. The lowest BCUT2D eigenvalue weighted by Gasteiger charge is -2.41. The van der Waals surface area contributed by atoms with Crippen LogP contribution in [0.25, 0.3) is 21.1 Å². The second kappa shape index (κ2) is 10.0. The van der Waals surface area contributed by atoms with Crippen LogP contribution < -0.4 is 10.2 Å². The first-order valence-electron chi connectivity index (χ1n) is 13.1. The van der Waals surface area contributed by atoms with Crippen LogP contribution in [-0.4, -0.2) is 55.3 Å². The Morgan fingerprint density at radius 1 is 1.16 bits per heavy atom. The van der Waals surface area contributed by atoms with Gasteiger partial charge in [-0.2, -0.15) is 15.9 Å². The smallest absolute Gasteiger partial charge is 0.225 e. The topological polar surface area (TPSA) is 136 Å². The highest BCUT2D eigenvalue weighted by atomic mass is 32.3. The Labute approximate surface area is 227 Å². The van der Waals surface area contributed by atoms with Crippen molar-refractivity contribution in [2.75, 3.05) is 29.5 Å². The Morgan fingerprint density at radius 2 is 1.89 bits per heavy atom. The van der Waals surface area contributed by atoms with Gasteiger partial charge < -0.3 is 14.7 Å². The Morgan fingerprint density at radius 3 is 2.55 bits per heavy atom. The van der Waals surface area contributed by atoms with Gasteiger partial charge in [-0.25, -0.2) is 4.98 Å². The SMILES string of the molecule is N#CC1(NC(=O)[C@@H]2CCCC[C@H]2c2nc(-c3ccon3)sc2-c2ccc(N3CCS(O)(O)CC3)cc2)CC1. The van der Waals surface area contributed by atoms with Gasteiger partial charge in [0, 0.05) is 36.7 Å². The number of rotatable bonds is 6. The van der Waals surface area contributed by atoms with E-state index in [-0.39, 0.29) is 17.7 Å². The number of thiazole rings is 1. The summed E-state index contributed by atoms with van der Waals surface area (Å²) in [6.07, 6.45) is 6.62. The van der Waals surface area contributed by atoms with Crippen LogP contribution in [0.1, 0.15) is 50.1 Å². The molecule has 3 N–H and O–H groups in total. The summed E-state index contributed by atoms with van der Waals surface area (Å²) in [5.41, 5.74) is 2.97. The molecule has 3 fully saturated rings. The van der Waals surface area contributed by atoms with Gasteiger partial charge in [-0.1, -0.05) is 30.1 Å². The summed E-state index contributed by atoms with van der Waals surface area (Å²) >= 11 is 1.55. The van der Waals surface area contributed by atoms with Gasteiger partial charge in [-0.3, -0.25) is 13.9 Å². The molecule has 11 heteroatoms. The Hall–Kier alpha value is -2.91. The molecule has 0 bridgehead atoms. The molecule has 6 rings (SSSR count). The first-order valence-corrected chi connectivity index (χ1v) is 15.8. The number of nitrogens with one attached hydrogen (secondary N) is 1. The van der Waals surface area contributed by atoms with E-state index in [9.17, 15) is 19.2 Å². The number of benzene rings is 1. The number of anilines is 1. The minimum absolute atomic E-state index is 0.0397. The molecule has 1 amide bonds. The number of nitrogens with zero attached hydrogens (tertiary/aromatic N) is 4. The normalized spacial score (nSPS) is 24.8. The summed E-state index contributed by atoms with van der Waals surface area (Å²) in [6.45, 7) is 1.24. The van der Waals surface area contributed by atoms with Crippen molar-refractivity contribution in [3.63, 3.8) is 0 Å². The highest BCUT2D eigenvalue weighted by molar-refractivity contribution is 8.24. The van der Waals surface area contributed by atoms with E-state index in [4.69, 9.17) is 9.51 Å². The highest BCUT2D eigenvalue weighted by Crippen LogP contribution is 2.47. The van der Waals surface area contributed by atoms with Crippen molar-refractivity contribution in [3.05, 3.63) is 42.3 Å². The van der Waals surface area contributed by atoms with Crippen LogP contribution in [-0.2, 0) is 4.79 Å². The fraction of sp³-hybridized carbons (Fsp3) is 0.481. The molecular formula is C27H31N5O4S2. The first-order chi connectivity index (χ1) is 18.4. The molecule has 2 saturated carbocycles. The van der Waals surface area contributed by atoms with Crippen molar-refractivity contribution in [2.24, 2.45) is 5.92 Å². The summed E-state index contributed by atoms with van der Waals surface area (Å²) in [4.78, 5) is 21.6. The van der Waals surface area contributed by atoms with Gasteiger partial charge in [0.15, 0.2) is 0 Å². The van der Waals surface area contributed by atoms with Gasteiger partial charge in [0.05, 0.1) is 28.1 Å². The van der Waals surface area contributed by atoms with Crippen molar-refractivity contribution in [2.45, 2.75) is 50.0 Å². The molecule has 1 aliphatic heterocycles. The third-order valence-corrected chi connectivity index (χ3v) is 10.8. The summed E-state index contributed by atoms with van der Waals surface area (Å²) in [7, 11) is -2.45. The van der Waals surface area contributed by atoms with Crippen LogP contribution >= 0.6 is 21.9 Å². The lowest BCUT2D eigenvalue weighted by molar-refractivity contribution is -0.127. The molecule has 1 aromatic carbocycles. The predicted octanol–water partition coefficient (Wildman–Crippen LogP) is 5.48. The Balaban J connectivity index is 1.32. The first kappa shape index (κ1) is 25.4. The maximum atomic E-state index is 13.4. The van der Waals surface area contributed by atoms with Crippen molar-refractivity contribution in [1.29, 1.82) is 5.26 Å². The second-order valence-electron chi connectivity index (χ2n) is 10.5. The van der Waals surface area contributed by atoms with E-state index in [1.807, 2.05) is 0 Å². The number of nitriles is 1. The standard InChI is InChI=1S/C27H31N5O4S2/c28-17-27(10-11-27)30-25(33)21-4-2-1-3-20(21)23-24(37-26(29-23)22-9-14-36-31-22)18-5-7-19(8-6-18)32-12-15-38(34,35)16-13-32/h5-9,14,20-21,34-35H,1-4,10-13,15-16H2,(H,30,33)/t20-,21-/m1/s1. The van der Waals surface area contributed by atoms with Crippen molar-refractivity contribution in [1.82, 2.24) is 15.5 Å². The molecule has 2 atom stereocenters. The van der Waals surface area contributed by atoms with Crippen LogP contribution in [0, 0.1) is 17.2 Å². The average Bonchev–Trinajstić information content (AvgIpc) is 3.30. The van der Waals surface area contributed by atoms with E-state index >= 15 is 0 Å². The fourth-order valence-electron chi connectivity index (χ4n) is 5.52. The molecule has 9 nitrogen and oxygen atoms in total. The number of carbonyl (C=O) groups excluding carboxylic acids is 1. The van der Waals surface area contributed by atoms with Gasteiger partial charge in [0.25, 0.3) is 0 Å². The third kappa shape index (κ3) is 5.06. The molecule has 38 heavy (non-hydrogen) atoms. The number of aromatic nitrogens is 2. The zero-order valence-electron chi connectivity index (χ0n) is 21.0. The summed E-state index contributed by atoms with van der Waals surface area (Å²) in [6, 6.07) is 12.4. The third-order valence-electron chi connectivity index (χ3n) is 7.96. The minimum Gasteiger partial charge on any atom is -0.368 e. The van der Waals surface area contributed by atoms with Crippen LogP contribution in [0.2, 0.25) is 0 Å². The molecule has 2 aliphatic carbocycles. The summed E-state index contributed by atoms with van der Waals surface area (Å²) in [5, 5.41) is 17.4. The van der Waals surface area contributed by atoms with Gasteiger partial charge in [0.2, 0.25) is 5.91 Å². The predicted molar refractivity (Wildman–Crippen MR) is 148 cm³/mol. The van der Waals surface area contributed by atoms with Crippen molar-refractivity contribution in [3.8, 4) is 27.2 Å². The van der Waals surface area contributed by atoms with Crippen molar-refractivity contribution < 1.29 is 18.4 Å². The fourth-order valence-corrected chi connectivity index (χ4v) is 7.85. The van der Waals surface area contributed by atoms with Crippen LogP contribution in [0.5, 0.6) is 0 Å². The van der Waals surface area contributed by atoms with Gasteiger partial charge in [-0.05, 0) is 43.4 Å². The Kier molecular flexibility index (Phi) is 6.68. The molecule has 3 aromatic rings. The molecular weight excluding hydrogens is 522 g/mol. The number of hydrogen-bond donors (Lipinski definition) is 3. The van der Waals surface area contributed by atoms with E-state index in [0.717, 1.165) is 52.5 Å². The van der Waals surface area contributed by atoms with E-state index in [2.05, 4.69) is 45.7 Å². The Bertz CT molecular complexity index is 1330. The van der Waals surface area contributed by atoms with Crippen LogP contribution in [0.15, 0.2) is 41.1 Å². The van der Waals surface area contributed by atoms with Crippen molar-refractivity contribution >= 4 is 33.5 Å². The second-order valence-corrected chi connectivity index (χ2v) is 14.0. The molecule has 1 saturated heterocycles. The van der Waals surface area contributed by atoms with Crippen LogP contribution in [0.4, 0.5) is 5.69 Å². The lowest BCUT2D eigenvalue weighted by atomic mass is 9.76. The van der Waals surface area contributed by atoms with E-state index in [1.165, 1.54) is 6.26 Å². The zero-order valence-corrected chi connectivity index (χ0v) is 22.6. The minimum atomic E-state index is -2.45.